The van der Waals surface area contributed by atoms with E-state index in [9.17, 15) is 10.1 Å². The van der Waals surface area contributed by atoms with E-state index in [2.05, 4.69) is 20.5 Å². The minimum atomic E-state index is -0.371. The van der Waals surface area contributed by atoms with Gasteiger partial charge in [0.2, 0.25) is 0 Å². The highest BCUT2D eigenvalue weighted by Gasteiger charge is 2.24. The lowest BCUT2D eigenvalue weighted by Crippen LogP contribution is -2.44. The number of para-hydroxylation sites is 1. The Morgan fingerprint density at radius 1 is 1.23 bits per heavy atom. The molecule has 0 bridgehead atoms. The van der Waals surface area contributed by atoms with E-state index in [-0.39, 0.29) is 40.6 Å². The van der Waals surface area contributed by atoms with Crippen molar-refractivity contribution >= 4 is 41.3 Å². The third-order valence-corrected chi connectivity index (χ3v) is 5.09. The number of hydrogen-bond acceptors (Lipinski definition) is 6. The first kappa shape index (κ1) is 24.5. The molecule has 2 N–H and O–H groups in total. The van der Waals surface area contributed by atoms with Crippen molar-refractivity contribution in [2.24, 2.45) is 4.99 Å². The molecule has 2 aromatic carbocycles. The number of ether oxygens (including phenoxy) is 2. The van der Waals surface area contributed by atoms with Gasteiger partial charge in [0, 0.05) is 68.2 Å². The highest BCUT2D eigenvalue weighted by Crippen LogP contribution is 2.30. The van der Waals surface area contributed by atoms with Gasteiger partial charge in [-0.15, -0.1) is 24.0 Å². The molecule has 10 heteroatoms. The summed E-state index contributed by atoms with van der Waals surface area (Å²) in [5.41, 5.74) is 1.75. The Balaban J connectivity index is 0.00000341. The molecule has 1 atom stereocenters. The van der Waals surface area contributed by atoms with Crippen LogP contribution in [-0.2, 0) is 6.54 Å². The highest BCUT2D eigenvalue weighted by atomic mass is 127. The Morgan fingerprint density at radius 3 is 2.52 bits per heavy atom. The average Bonchev–Trinajstić information content (AvgIpc) is 3.24. The SMILES string of the molecule is CN=C(NCc1ccccc1[N+](=O)[O-])NC1CCN(c2cc(OC)cc(OC)c2)C1.I. The molecule has 3 rings (SSSR count). The van der Waals surface area contributed by atoms with Crippen LogP contribution in [0.5, 0.6) is 11.5 Å². The first-order chi connectivity index (χ1) is 14.5. The summed E-state index contributed by atoms with van der Waals surface area (Å²) in [6.45, 7) is 2.00. The number of guanidine groups is 1. The number of nitro benzene ring substituents is 1. The molecule has 0 aliphatic carbocycles. The first-order valence-electron chi connectivity index (χ1n) is 9.71. The Labute approximate surface area is 199 Å². The molecule has 1 aliphatic heterocycles. The van der Waals surface area contributed by atoms with Crippen LogP contribution in [0, 0.1) is 10.1 Å². The Morgan fingerprint density at radius 2 is 1.90 bits per heavy atom. The fourth-order valence-corrected chi connectivity index (χ4v) is 3.49. The number of aliphatic imine (C=N–C) groups is 1. The summed E-state index contributed by atoms with van der Waals surface area (Å²) in [6.07, 6.45) is 0.936. The maximum absolute atomic E-state index is 11.2. The van der Waals surface area contributed by atoms with Crippen LogP contribution in [0.15, 0.2) is 47.5 Å². The Bertz CT molecular complexity index is 902. The van der Waals surface area contributed by atoms with E-state index < -0.39 is 0 Å². The summed E-state index contributed by atoms with van der Waals surface area (Å²) in [6, 6.07) is 12.7. The lowest BCUT2D eigenvalue weighted by molar-refractivity contribution is -0.385. The fraction of sp³-hybridized carbons (Fsp3) is 0.381. The number of halogens is 1. The molecule has 9 nitrogen and oxygen atoms in total. The third-order valence-electron chi connectivity index (χ3n) is 5.09. The van der Waals surface area contributed by atoms with Crippen molar-refractivity contribution in [1.29, 1.82) is 0 Å². The molecule has 1 unspecified atom stereocenters. The number of nitrogens with one attached hydrogen (secondary N) is 2. The van der Waals surface area contributed by atoms with E-state index >= 15 is 0 Å². The number of anilines is 1. The third kappa shape index (κ3) is 6.36. The minimum Gasteiger partial charge on any atom is -0.497 e. The zero-order valence-corrected chi connectivity index (χ0v) is 20.2. The normalized spacial score (nSPS) is 15.8. The van der Waals surface area contributed by atoms with Crippen LogP contribution in [0.4, 0.5) is 11.4 Å². The van der Waals surface area contributed by atoms with Gasteiger partial charge in [-0.05, 0) is 6.42 Å². The zero-order chi connectivity index (χ0) is 21.5. The van der Waals surface area contributed by atoms with Crippen LogP contribution in [-0.4, -0.2) is 51.3 Å². The van der Waals surface area contributed by atoms with Gasteiger partial charge in [-0.3, -0.25) is 15.1 Å². The number of nitrogens with zero attached hydrogens (tertiary/aromatic N) is 3. The molecular weight excluding hydrogens is 513 g/mol. The quantitative estimate of drug-likeness (QED) is 0.183. The van der Waals surface area contributed by atoms with Crippen LogP contribution in [0.25, 0.3) is 0 Å². The van der Waals surface area contributed by atoms with Gasteiger partial charge < -0.3 is 25.0 Å². The van der Waals surface area contributed by atoms with E-state index in [1.54, 1.807) is 39.5 Å². The Hall–Kier alpha value is -2.76. The molecule has 0 radical (unpaired) electrons. The van der Waals surface area contributed by atoms with Gasteiger partial charge in [-0.1, -0.05) is 18.2 Å². The topological polar surface area (TPSA) is 101 Å². The van der Waals surface area contributed by atoms with Crippen molar-refractivity contribution in [2.45, 2.75) is 19.0 Å². The molecule has 2 aromatic rings. The summed E-state index contributed by atoms with van der Waals surface area (Å²) in [5, 5.41) is 17.8. The predicted molar refractivity (Wildman–Crippen MR) is 132 cm³/mol. The van der Waals surface area contributed by atoms with Crippen LogP contribution >= 0.6 is 24.0 Å². The molecule has 1 fully saturated rings. The van der Waals surface area contributed by atoms with Crippen molar-refractivity contribution in [3.63, 3.8) is 0 Å². The van der Waals surface area contributed by atoms with E-state index in [1.807, 2.05) is 18.2 Å². The minimum absolute atomic E-state index is 0. The van der Waals surface area contributed by atoms with Crippen molar-refractivity contribution in [1.82, 2.24) is 10.6 Å². The number of rotatable bonds is 7. The van der Waals surface area contributed by atoms with Crippen molar-refractivity contribution < 1.29 is 14.4 Å². The van der Waals surface area contributed by atoms with Gasteiger partial charge in [0.1, 0.15) is 11.5 Å². The molecule has 0 spiro atoms. The van der Waals surface area contributed by atoms with Gasteiger partial charge in [0.05, 0.1) is 19.1 Å². The fourth-order valence-electron chi connectivity index (χ4n) is 3.49. The lowest BCUT2D eigenvalue weighted by atomic mass is 10.2. The molecule has 0 amide bonds. The van der Waals surface area contributed by atoms with E-state index in [0.717, 1.165) is 36.7 Å². The Kier molecular flexibility index (Phi) is 9.16. The lowest BCUT2D eigenvalue weighted by Gasteiger charge is -2.21. The molecular formula is C21H28IN5O4. The monoisotopic (exact) mass is 541 g/mol. The van der Waals surface area contributed by atoms with Crippen molar-refractivity contribution in [3.05, 3.63) is 58.1 Å². The molecule has 0 saturated carbocycles. The van der Waals surface area contributed by atoms with Crippen molar-refractivity contribution in [3.8, 4) is 11.5 Å². The number of nitro groups is 1. The second kappa shape index (κ2) is 11.6. The van der Waals surface area contributed by atoms with Gasteiger partial charge >= 0.3 is 0 Å². The summed E-state index contributed by atoms with van der Waals surface area (Å²) in [5.74, 6) is 2.12. The van der Waals surface area contributed by atoms with E-state index in [4.69, 9.17) is 9.47 Å². The second-order valence-electron chi connectivity index (χ2n) is 6.96. The standard InChI is InChI=1S/C21H27N5O4.HI/c1-22-21(23-13-15-6-4-5-7-20(15)26(27)28)24-16-8-9-25(14-16)17-10-18(29-2)12-19(11-17)30-3;/h4-7,10-12,16H,8-9,13-14H2,1-3H3,(H2,22,23,24);1H. The highest BCUT2D eigenvalue weighted by molar-refractivity contribution is 14.0. The zero-order valence-electron chi connectivity index (χ0n) is 17.8. The molecule has 31 heavy (non-hydrogen) atoms. The van der Waals surface area contributed by atoms with Crippen LogP contribution < -0.4 is 25.0 Å². The molecule has 168 valence electrons. The maximum Gasteiger partial charge on any atom is 0.274 e. The van der Waals surface area contributed by atoms with Gasteiger partial charge in [0.25, 0.3) is 5.69 Å². The van der Waals surface area contributed by atoms with Crippen molar-refractivity contribution in [2.75, 3.05) is 39.3 Å². The summed E-state index contributed by atoms with van der Waals surface area (Å²) in [4.78, 5) is 17.3. The van der Waals surface area contributed by atoms with Gasteiger partial charge in [-0.25, -0.2) is 0 Å². The second-order valence-corrected chi connectivity index (χ2v) is 6.96. The molecule has 1 aliphatic rings. The predicted octanol–water partition coefficient (Wildman–Crippen LogP) is 3.17. The largest absolute Gasteiger partial charge is 0.497 e. The van der Waals surface area contributed by atoms with Crippen LogP contribution in [0.1, 0.15) is 12.0 Å². The number of methoxy groups -OCH3 is 2. The van der Waals surface area contributed by atoms with Crippen LogP contribution in [0.3, 0.4) is 0 Å². The summed E-state index contributed by atoms with van der Waals surface area (Å²) < 4.78 is 10.7. The van der Waals surface area contributed by atoms with E-state index in [1.165, 1.54) is 6.07 Å². The van der Waals surface area contributed by atoms with Crippen LogP contribution in [0.2, 0.25) is 0 Å². The average molecular weight is 541 g/mol. The first-order valence-corrected chi connectivity index (χ1v) is 9.71. The van der Waals surface area contributed by atoms with E-state index in [0.29, 0.717) is 18.1 Å². The number of hydrogen-bond donors (Lipinski definition) is 2. The maximum atomic E-state index is 11.2. The summed E-state index contributed by atoms with van der Waals surface area (Å²) >= 11 is 0. The number of benzene rings is 2. The van der Waals surface area contributed by atoms with Gasteiger partial charge in [0.15, 0.2) is 5.96 Å². The smallest absolute Gasteiger partial charge is 0.274 e. The molecule has 0 aromatic heterocycles. The summed E-state index contributed by atoms with van der Waals surface area (Å²) in [7, 11) is 4.97. The molecule has 1 heterocycles. The van der Waals surface area contributed by atoms with Gasteiger partial charge in [-0.2, -0.15) is 0 Å². The molecule has 1 saturated heterocycles.